The molecule has 0 atom stereocenters. The number of hydrogen-bond acceptors (Lipinski definition) is 3. The van der Waals surface area contributed by atoms with Crippen molar-refractivity contribution in [2.45, 2.75) is 26.8 Å². The SMILES string of the molecule is CCC(=O)NCc1cc2c(cc1C)OCCO2. The van der Waals surface area contributed by atoms with Crippen LogP contribution >= 0.6 is 0 Å². The molecule has 1 aromatic carbocycles. The Balaban J connectivity index is 2.14. The molecule has 0 fully saturated rings. The molecule has 4 heteroatoms. The maximum atomic E-state index is 11.2. The highest BCUT2D eigenvalue weighted by molar-refractivity contribution is 5.75. The molecule has 1 aliphatic rings. The van der Waals surface area contributed by atoms with E-state index in [0.29, 0.717) is 26.2 Å². The van der Waals surface area contributed by atoms with Crippen molar-refractivity contribution in [1.82, 2.24) is 5.32 Å². The van der Waals surface area contributed by atoms with Gasteiger partial charge in [0.2, 0.25) is 5.91 Å². The van der Waals surface area contributed by atoms with Crippen molar-refractivity contribution in [2.24, 2.45) is 0 Å². The fraction of sp³-hybridized carbons (Fsp3) is 0.462. The second-order valence-electron chi connectivity index (χ2n) is 4.05. The van der Waals surface area contributed by atoms with Gasteiger partial charge in [0.15, 0.2) is 11.5 Å². The smallest absolute Gasteiger partial charge is 0.219 e. The van der Waals surface area contributed by atoms with Gasteiger partial charge in [0.05, 0.1) is 0 Å². The van der Waals surface area contributed by atoms with Gasteiger partial charge in [0, 0.05) is 13.0 Å². The van der Waals surface area contributed by atoms with Gasteiger partial charge in [-0.2, -0.15) is 0 Å². The van der Waals surface area contributed by atoms with Crippen molar-refractivity contribution in [3.8, 4) is 11.5 Å². The Morgan fingerprint density at radius 1 is 1.29 bits per heavy atom. The number of rotatable bonds is 3. The van der Waals surface area contributed by atoms with Crippen LogP contribution in [0, 0.1) is 6.92 Å². The summed E-state index contributed by atoms with van der Waals surface area (Å²) in [6.45, 7) is 5.56. The summed E-state index contributed by atoms with van der Waals surface area (Å²) >= 11 is 0. The van der Waals surface area contributed by atoms with Crippen LogP contribution in [0.4, 0.5) is 0 Å². The van der Waals surface area contributed by atoms with Crippen LogP contribution < -0.4 is 14.8 Å². The molecule has 1 aliphatic heterocycles. The minimum atomic E-state index is 0.0549. The Labute approximate surface area is 101 Å². The third-order valence-electron chi connectivity index (χ3n) is 2.80. The zero-order valence-electron chi connectivity index (χ0n) is 10.2. The lowest BCUT2D eigenvalue weighted by molar-refractivity contribution is -0.120. The van der Waals surface area contributed by atoms with Crippen LogP contribution in [-0.4, -0.2) is 19.1 Å². The highest BCUT2D eigenvalue weighted by Gasteiger charge is 2.14. The number of carbonyl (C=O) groups is 1. The largest absolute Gasteiger partial charge is 0.486 e. The lowest BCUT2D eigenvalue weighted by Crippen LogP contribution is -2.22. The molecule has 1 N–H and O–H groups in total. The molecule has 0 radical (unpaired) electrons. The van der Waals surface area contributed by atoms with Gasteiger partial charge in [-0.25, -0.2) is 0 Å². The fourth-order valence-electron chi connectivity index (χ4n) is 1.74. The van der Waals surface area contributed by atoms with Gasteiger partial charge in [0.1, 0.15) is 13.2 Å². The molecule has 1 aromatic rings. The molecule has 0 spiro atoms. The van der Waals surface area contributed by atoms with Crippen LogP contribution in [0.15, 0.2) is 12.1 Å². The van der Waals surface area contributed by atoms with Crippen LogP contribution in [0.25, 0.3) is 0 Å². The Kier molecular flexibility index (Phi) is 3.52. The normalized spacial score (nSPS) is 13.3. The molecule has 17 heavy (non-hydrogen) atoms. The molecule has 92 valence electrons. The van der Waals surface area contributed by atoms with Crippen molar-refractivity contribution in [3.05, 3.63) is 23.3 Å². The molecule has 2 rings (SSSR count). The Morgan fingerprint density at radius 3 is 2.59 bits per heavy atom. The number of aryl methyl sites for hydroxylation is 1. The third-order valence-corrected chi connectivity index (χ3v) is 2.80. The fourth-order valence-corrected chi connectivity index (χ4v) is 1.74. The lowest BCUT2D eigenvalue weighted by atomic mass is 10.1. The number of amides is 1. The van der Waals surface area contributed by atoms with Crippen molar-refractivity contribution in [2.75, 3.05) is 13.2 Å². The van der Waals surface area contributed by atoms with Gasteiger partial charge in [-0.15, -0.1) is 0 Å². The van der Waals surface area contributed by atoms with Gasteiger partial charge in [0.25, 0.3) is 0 Å². The second kappa shape index (κ2) is 5.08. The first-order chi connectivity index (χ1) is 8.20. The number of nitrogens with one attached hydrogen (secondary N) is 1. The second-order valence-corrected chi connectivity index (χ2v) is 4.05. The predicted molar refractivity (Wildman–Crippen MR) is 64.3 cm³/mol. The lowest BCUT2D eigenvalue weighted by Gasteiger charge is -2.20. The summed E-state index contributed by atoms with van der Waals surface area (Å²) in [5, 5.41) is 2.86. The Bertz CT molecular complexity index is 429. The van der Waals surface area contributed by atoms with E-state index in [1.165, 1.54) is 0 Å². The Morgan fingerprint density at radius 2 is 1.94 bits per heavy atom. The van der Waals surface area contributed by atoms with E-state index in [1.54, 1.807) is 0 Å². The molecule has 0 aliphatic carbocycles. The van der Waals surface area contributed by atoms with Crippen LogP contribution in [0.2, 0.25) is 0 Å². The zero-order valence-corrected chi connectivity index (χ0v) is 10.2. The third kappa shape index (κ3) is 2.70. The van der Waals surface area contributed by atoms with Crippen LogP contribution in [0.5, 0.6) is 11.5 Å². The number of hydrogen-bond donors (Lipinski definition) is 1. The molecule has 1 amide bonds. The monoisotopic (exact) mass is 235 g/mol. The van der Waals surface area contributed by atoms with Crippen molar-refractivity contribution in [1.29, 1.82) is 0 Å². The maximum absolute atomic E-state index is 11.2. The van der Waals surface area contributed by atoms with E-state index in [0.717, 1.165) is 22.6 Å². The number of fused-ring (bicyclic) bond motifs is 1. The first-order valence-electron chi connectivity index (χ1n) is 5.86. The van der Waals surface area contributed by atoms with Gasteiger partial charge in [-0.1, -0.05) is 6.92 Å². The molecular formula is C13H17NO3. The number of carbonyl (C=O) groups excluding carboxylic acids is 1. The standard InChI is InChI=1S/C13H17NO3/c1-3-13(15)14-8-10-7-12-11(6-9(10)2)16-4-5-17-12/h6-7H,3-5,8H2,1-2H3,(H,14,15). The minimum Gasteiger partial charge on any atom is -0.486 e. The predicted octanol–water partition coefficient (Wildman–Crippen LogP) is 1.79. The first-order valence-corrected chi connectivity index (χ1v) is 5.86. The highest BCUT2D eigenvalue weighted by atomic mass is 16.6. The van der Waals surface area contributed by atoms with Crippen LogP contribution in [0.1, 0.15) is 24.5 Å². The molecule has 0 saturated carbocycles. The van der Waals surface area contributed by atoms with Crippen molar-refractivity contribution < 1.29 is 14.3 Å². The van der Waals surface area contributed by atoms with E-state index in [9.17, 15) is 4.79 Å². The molecular weight excluding hydrogens is 218 g/mol. The van der Waals surface area contributed by atoms with Gasteiger partial charge in [-0.05, 0) is 30.2 Å². The number of benzene rings is 1. The highest BCUT2D eigenvalue weighted by Crippen LogP contribution is 2.32. The van der Waals surface area contributed by atoms with Gasteiger partial charge in [-0.3, -0.25) is 4.79 Å². The molecule has 0 aromatic heterocycles. The summed E-state index contributed by atoms with van der Waals surface area (Å²) in [6, 6.07) is 3.90. The van der Waals surface area contributed by atoms with Gasteiger partial charge < -0.3 is 14.8 Å². The van der Waals surface area contributed by atoms with E-state index in [-0.39, 0.29) is 5.91 Å². The Hall–Kier alpha value is -1.71. The maximum Gasteiger partial charge on any atom is 0.219 e. The molecule has 4 nitrogen and oxygen atoms in total. The van der Waals surface area contributed by atoms with Crippen molar-refractivity contribution >= 4 is 5.91 Å². The van der Waals surface area contributed by atoms with Crippen LogP contribution in [0.3, 0.4) is 0 Å². The molecule has 0 unspecified atom stereocenters. The minimum absolute atomic E-state index is 0.0549. The quantitative estimate of drug-likeness (QED) is 0.869. The molecule has 0 saturated heterocycles. The van der Waals surface area contributed by atoms with E-state index in [2.05, 4.69) is 5.32 Å². The van der Waals surface area contributed by atoms with Crippen LogP contribution in [-0.2, 0) is 11.3 Å². The van der Waals surface area contributed by atoms with Crippen molar-refractivity contribution in [3.63, 3.8) is 0 Å². The van der Waals surface area contributed by atoms with E-state index < -0.39 is 0 Å². The topological polar surface area (TPSA) is 47.6 Å². The van der Waals surface area contributed by atoms with Gasteiger partial charge >= 0.3 is 0 Å². The molecule has 1 heterocycles. The van der Waals surface area contributed by atoms with E-state index in [1.807, 2.05) is 26.0 Å². The summed E-state index contributed by atoms with van der Waals surface area (Å²) < 4.78 is 11.0. The summed E-state index contributed by atoms with van der Waals surface area (Å²) in [5.41, 5.74) is 2.17. The summed E-state index contributed by atoms with van der Waals surface area (Å²) in [6.07, 6.45) is 0.504. The van der Waals surface area contributed by atoms with E-state index >= 15 is 0 Å². The zero-order chi connectivity index (χ0) is 12.3. The average molecular weight is 235 g/mol. The first kappa shape index (κ1) is 11.8. The summed E-state index contributed by atoms with van der Waals surface area (Å²) in [7, 11) is 0. The number of ether oxygens (including phenoxy) is 2. The molecule has 0 bridgehead atoms. The summed E-state index contributed by atoms with van der Waals surface area (Å²) in [4.78, 5) is 11.2. The average Bonchev–Trinajstić information content (AvgIpc) is 2.35. The van der Waals surface area contributed by atoms with E-state index in [4.69, 9.17) is 9.47 Å². The summed E-state index contributed by atoms with van der Waals surface area (Å²) in [5.74, 6) is 1.61.